The van der Waals surface area contributed by atoms with Gasteiger partial charge in [-0.1, -0.05) is 0 Å². The first-order valence-corrected chi connectivity index (χ1v) is 9.37. The first-order valence-electron chi connectivity index (χ1n) is 7.04. The molecule has 0 N–H and O–H groups in total. The van der Waals surface area contributed by atoms with Crippen molar-refractivity contribution in [1.29, 1.82) is 0 Å². The summed E-state index contributed by atoms with van der Waals surface area (Å²) >= 11 is -0.533. The Hall–Kier alpha value is -1.04. The van der Waals surface area contributed by atoms with Gasteiger partial charge in [0.25, 0.3) is 0 Å². The molecule has 0 spiro atoms. The molecule has 1 aromatic carbocycles. The van der Waals surface area contributed by atoms with E-state index in [0.29, 0.717) is 6.42 Å². The fourth-order valence-electron chi connectivity index (χ4n) is 2.20. The maximum atomic E-state index is 12.0. The normalized spacial score (nSPS) is 18.2. The Balaban J connectivity index is 2.23. The summed E-state index contributed by atoms with van der Waals surface area (Å²) in [6, 6.07) is 10.5. The van der Waals surface area contributed by atoms with E-state index in [0.717, 1.165) is 24.8 Å². The topological polar surface area (TPSA) is 26.3 Å². The number of hydrogen-bond acceptors (Lipinski definition) is 2. The van der Waals surface area contributed by atoms with Crippen LogP contribution in [0.25, 0.3) is 0 Å². The third kappa shape index (κ3) is 3.75. The van der Waals surface area contributed by atoms with Crippen LogP contribution in [0.1, 0.15) is 32.6 Å². The second-order valence-electron chi connectivity index (χ2n) is 4.79. The van der Waals surface area contributed by atoms with Crippen LogP contribution in [0.15, 0.2) is 52.2 Å². The molecule has 2 nitrogen and oxygen atoms in total. The summed E-state index contributed by atoms with van der Waals surface area (Å²) in [6.45, 7) is 5.93. The number of carbonyl (C=O) groups excluding carboxylic acids is 1. The number of carbonyl (C=O) groups is 1. The van der Waals surface area contributed by atoms with Crippen molar-refractivity contribution in [2.24, 2.45) is 0 Å². The van der Waals surface area contributed by atoms with Crippen molar-refractivity contribution in [2.45, 2.75) is 38.7 Å². The Labute approximate surface area is 131 Å². The quantitative estimate of drug-likeness (QED) is 0.411. The monoisotopic (exact) mass is 386 g/mol. The van der Waals surface area contributed by atoms with E-state index in [1.165, 1.54) is 7.23 Å². The van der Waals surface area contributed by atoms with Crippen molar-refractivity contribution in [3.05, 3.63) is 52.2 Å². The van der Waals surface area contributed by atoms with Gasteiger partial charge < -0.3 is 0 Å². The molecule has 0 saturated heterocycles. The van der Waals surface area contributed by atoms with Gasteiger partial charge in [0.2, 0.25) is 0 Å². The maximum absolute atomic E-state index is 12.0. The van der Waals surface area contributed by atoms with E-state index in [1.807, 2.05) is 6.07 Å². The van der Waals surface area contributed by atoms with Gasteiger partial charge in [-0.3, -0.25) is 0 Å². The third-order valence-corrected chi connectivity index (χ3v) is 6.76. The summed E-state index contributed by atoms with van der Waals surface area (Å²) in [7, 11) is 0. The number of unbranched alkanes of at least 4 members (excludes halogenated alkanes) is 1. The van der Waals surface area contributed by atoms with Crippen LogP contribution >= 0.6 is 0 Å². The van der Waals surface area contributed by atoms with Crippen LogP contribution in [-0.2, 0) is 9.53 Å². The van der Waals surface area contributed by atoms with Crippen LogP contribution in [0.5, 0.6) is 0 Å². The third-order valence-electron chi connectivity index (χ3n) is 3.22. The van der Waals surface area contributed by atoms with Gasteiger partial charge in [-0.15, -0.1) is 0 Å². The predicted molar refractivity (Wildman–Crippen MR) is 83.1 cm³/mol. The van der Waals surface area contributed by atoms with Crippen LogP contribution in [0.4, 0.5) is 0 Å². The Morgan fingerprint density at radius 1 is 1.35 bits per heavy atom. The summed E-state index contributed by atoms with van der Waals surface area (Å²) in [6.07, 6.45) is 5.63. The Kier molecular flexibility index (Phi) is 5.88. The summed E-state index contributed by atoms with van der Waals surface area (Å²) in [5.74, 6) is -0.123. The fourth-order valence-corrected chi connectivity index (χ4v) is 5.44. The molecule has 0 radical (unpaired) electrons. The molecule has 2 rings (SSSR count). The number of cyclic esters (lactones) is 1. The van der Waals surface area contributed by atoms with Crippen molar-refractivity contribution in [3.8, 4) is 0 Å². The zero-order valence-electron chi connectivity index (χ0n) is 11.8. The van der Waals surface area contributed by atoms with Crippen LogP contribution in [0.2, 0.25) is 0 Å². The molecule has 0 bridgehead atoms. The van der Waals surface area contributed by atoms with Gasteiger partial charge in [0.05, 0.1) is 0 Å². The van der Waals surface area contributed by atoms with Crippen molar-refractivity contribution < 1.29 is 9.53 Å². The summed E-state index contributed by atoms with van der Waals surface area (Å²) < 4.78 is 8.22. The molecule has 0 saturated carbocycles. The van der Waals surface area contributed by atoms with E-state index >= 15 is 0 Å². The molecular formula is C17H20O2Te. The van der Waals surface area contributed by atoms with Gasteiger partial charge in [-0.2, -0.15) is 0 Å². The van der Waals surface area contributed by atoms with E-state index in [1.54, 1.807) is 6.08 Å². The number of esters is 1. The van der Waals surface area contributed by atoms with Gasteiger partial charge in [0, 0.05) is 0 Å². The minimum absolute atomic E-state index is 0.0139. The second-order valence-corrected chi connectivity index (χ2v) is 7.97. The first-order chi connectivity index (χ1) is 9.76. The van der Waals surface area contributed by atoms with Crippen LogP contribution in [0, 0.1) is 0 Å². The van der Waals surface area contributed by atoms with Crippen molar-refractivity contribution in [3.63, 3.8) is 0 Å². The average molecular weight is 384 g/mol. The molecule has 0 aromatic heterocycles. The zero-order valence-corrected chi connectivity index (χ0v) is 14.1. The summed E-state index contributed by atoms with van der Waals surface area (Å²) in [5.41, 5.74) is 0.868. The molecule has 1 aromatic rings. The Bertz CT molecular complexity index is 505. The molecule has 0 amide bonds. The van der Waals surface area contributed by atoms with E-state index in [2.05, 4.69) is 37.8 Å². The van der Waals surface area contributed by atoms with Gasteiger partial charge in [-0.25, -0.2) is 0 Å². The minimum atomic E-state index is -0.533. The van der Waals surface area contributed by atoms with Crippen molar-refractivity contribution >= 4 is 30.5 Å². The number of allylic oxidation sites excluding steroid dienone is 1. The van der Waals surface area contributed by atoms with Crippen molar-refractivity contribution in [2.75, 3.05) is 0 Å². The van der Waals surface area contributed by atoms with E-state index < -0.39 is 20.9 Å². The molecule has 1 aliphatic heterocycles. The Morgan fingerprint density at radius 2 is 2.10 bits per heavy atom. The van der Waals surface area contributed by atoms with E-state index in [-0.39, 0.29) is 12.1 Å². The molecular weight excluding hydrogens is 364 g/mol. The molecule has 0 aliphatic carbocycles. The Morgan fingerprint density at radius 3 is 2.75 bits per heavy atom. The molecule has 20 heavy (non-hydrogen) atoms. The number of ether oxygens (including phenoxy) is 1. The molecule has 1 atom stereocenters. The van der Waals surface area contributed by atoms with Crippen LogP contribution < -0.4 is 3.61 Å². The first kappa shape index (κ1) is 15.4. The standard InChI is InChI=1S/C17H20O2Te/c1-3-5-12-15-16(14(9-4-2)17(18)19-15)20-13-10-7-6-8-11-13/h4,6-8,10-11,15H,2-3,5,9,12H2,1H3. The van der Waals surface area contributed by atoms with Crippen LogP contribution in [-0.4, -0.2) is 33.0 Å². The average Bonchev–Trinajstić information content (AvgIpc) is 2.75. The number of hydrogen-bond donors (Lipinski definition) is 0. The molecule has 1 aliphatic rings. The number of rotatable bonds is 7. The van der Waals surface area contributed by atoms with Gasteiger partial charge in [0.1, 0.15) is 0 Å². The van der Waals surface area contributed by atoms with Gasteiger partial charge >= 0.3 is 131 Å². The fraction of sp³-hybridized carbons (Fsp3) is 0.353. The predicted octanol–water partition coefficient (Wildman–Crippen LogP) is 2.96. The molecule has 1 heterocycles. The molecule has 0 fully saturated rings. The zero-order chi connectivity index (χ0) is 14.4. The molecule has 106 valence electrons. The SMILES string of the molecule is C=CCC1=C([Te]c2ccccc2)C(CCCC)OC1=O. The molecule has 3 heteroatoms. The molecule has 1 unspecified atom stereocenters. The van der Waals surface area contributed by atoms with Gasteiger partial charge in [0.15, 0.2) is 0 Å². The summed E-state index contributed by atoms with van der Waals surface area (Å²) in [4.78, 5) is 12.0. The van der Waals surface area contributed by atoms with E-state index in [4.69, 9.17) is 4.74 Å². The second kappa shape index (κ2) is 7.67. The van der Waals surface area contributed by atoms with Crippen molar-refractivity contribution in [1.82, 2.24) is 0 Å². The number of benzene rings is 1. The van der Waals surface area contributed by atoms with E-state index in [9.17, 15) is 4.79 Å². The summed E-state index contributed by atoms with van der Waals surface area (Å²) in [5, 5.41) is 0. The van der Waals surface area contributed by atoms with Crippen LogP contribution in [0.3, 0.4) is 0 Å². The van der Waals surface area contributed by atoms with Gasteiger partial charge in [-0.05, 0) is 0 Å².